The number of anilines is 1. The Morgan fingerprint density at radius 1 is 1.09 bits per heavy atom. The van der Waals surface area contributed by atoms with Crippen molar-refractivity contribution in [2.75, 3.05) is 11.6 Å². The summed E-state index contributed by atoms with van der Waals surface area (Å²) in [7, 11) is -3.41. The van der Waals surface area contributed by atoms with Crippen LogP contribution < -0.4 is 5.32 Å². The molecule has 0 saturated heterocycles. The zero-order valence-electron chi connectivity index (χ0n) is 17.4. The van der Waals surface area contributed by atoms with Crippen LogP contribution in [0.3, 0.4) is 0 Å². The normalized spacial score (nSPS) is 13.4. The summed E-state index contributed by atoms with van der Waals surface area (Å²) < 4.78 is 22.9. The fraction of sp³-hybridized carbons (Fsp3) is 0.227. The van der Waals surface area contributed by atoms with Gasteiger partial charge in [-0.05, 0) is 42.8 Å². The van der Waals surface area contributed by atoms with Gasteiger partial charge in [0.05, 0.1) is 34.8 Å². The summed E-state index contributed by atoms with van der Waals surface area (Å²) in [6.07, 6.45) is 2.38. The van der Waals surface area contributed by atoms with Gasteiger partial charge in [0, 0.05) is 30.0 Å². The van der Waals surface area contributed by atoms with Crippen LogP contribution in [-0.4, -0.2) is 53.0 Å². The second kappa shape index (κ2) is 9.74. The zero-order chi connectivity index (χ0) is 23.5. The molecule has 0 radical (unpaired) electrons. The van der Waals surface area contributed by atoms with Crippen molar-refractivity contribution >= 4 is 33.0 Å². The van der Waals surface area contributed by atoms with Gasteiger partial charge in [0.2, 0.25) is 0 Å². The second-order valence-corrected chi connectivity index (χ2v) is 9.74. The number of sulfone groups is 1. The first-order chi connectivity index (χ1) is 15.0. The number of benzene rings is 1. The highest BCUT2D eigenvalue weighted by Crippen LogP contribution is 2.27. The number of nitrogens with zero attached hydrogens (tertiary/aromatic N) is 2. The highest BCUT2D eigenvalue weighted by atomic mass is 35.5. The molecule has 0 aliphatic rings. The van der Waals surface area contributed by atoms with Gasteiger partial charge in [0.25, 0.3) is 5.91 Å². The van der Waals surface area contributed by atoms with Crippen molar-refractivity contribution < 1.29 is 23.4 Å². The SMILES string of the molecule is C[C@@H](O)[C@H](O)Cc1cnc(-c2ccc(C(=O)Nc3ccc(S(C)(=O)=O)nc3)cc2)c(Cl)c1. The molecule has 0 saturated carbocycles. The number of rotatable bonds is 7. The summed E-state index contributed by atoms with van der Waals surface area (Å²) in [6, 6.07) is 11.1. The molecule has 0 spiro atoms. The number of halogens is 1. The summed E-state index contributed by atoms with van der Waals surface area (Å²) in [6.45, 7) is 1.51. The van der Waals surface area contributed by atoms with Gasteiger partial charge in [-0.3, -0.25) is 9.78 Å². The maximum Gasteiger partial charge on any atom is 0.255 e. The smallest absolute Gasteiger partial charge is 0.255 e. The molecule has 2 aromatic heterocycles. The van der Waals surface area contributed by atoms with Crippen LogP contribution in [0.25, 0.3) is 11.3 Å². The quantitative estimate of drug-likeness (QED) is 0.479. The van der Waals surface area contributed by atoms with Gasteiger partial charge in [-0.1, -0.05) is 23.7 Å². The molecule has 1 aromatic carbocycles. The first-order valence-corrected chi connectivity index (χ1v) is 11.9. The average molecular weight is 476 g/mol. The third kappa shape index (κ3) is 5.89. The molecule has 0 fully saturated rings. The van der Waals surface area contributed by atoms with Crippen LogP contribution in [0.1, 0.15) is 22.8 Å². The maximum atomic E-state index is 12.5. The lowest BCUT2D eigenvalue weighted by Crippen LogP contribution is -2.24. The number of carbonyl (C=O) groups is 1. The van der Waals surface area contributed by atoms with Crippen molar-refractivity contribution in [3.05, 3.63) is 71.0 Å². The van der Waals surface area contributed by atoms with Gasteiger partial charge < -0.3 is 15.5 Å². The standard InChI is InChI=1S/C22H22ClN3O5S/c1-13(27)19(28)10-14-9-18(23)21(25-11-14)15-3-5-16(6-4-15)22(29)26-17-7-8-20(24-12-17)32(2,30)31/h3-9,11-13,19,27-28H,10H2,1-2H3,(H,26,29)/t13-,19-/m1/s1. The summed E-state index contributed by atoms with van der Waals surface area (Å²) >= 11 is 6.35. The Labute approximate surface area is 190 Å². The lowest BCUT2D eigenvalue weighted by atomic mass is 10.0. The minimum atomic E-state index is -3.41. The molecular formula is C22H22ClN3O5S. The van der Waals surface area contributed by atoms with Gasteiger partial charge in [-0.15, -0.1) is 0 Å². The fourth-order valence-corrected chi connectivity index (χ4v) is 3.73. The molecule has 32 heavy (non-hydrogen) atoms. The van der Waals surface area contributed by atoms with E-state index in [-0.39, 0.29) is 17.4 Å². The molecule has 0 unspecified atom stereocenters. The molecule has 2 atom stereocenters. The van der Waals surface area contributed by atoms with Crippen molar-refractivity contribution in [1.29, 1.82) is 0 Å². The number of amides is 1. The van der Waals surface area contributed by atoms with E-state index in [9.17, 15) is 23.4 Å². The Bertz CT molecular complexity index is 1210. The lowest BCUT2D eigenvalue weighted by molar-refractivity contribution is 0.0319. The number of hydrogen-bond acceptors (Lipinski definition) is 7. The molecule has 8 nitrogen and oxygen atoms in total. The summed E-state index contributed by atoms with van der Waals surface area (Å²) in [5.41, 5.74) is 2.67. The first-order valence-electron chi connectivity index (χ1n) is 9.63. The van der Waals surface area contributed by atoms with E-state index in [2.05, 4.69) is 15.3 Å². The van der Waals surface area contributed by atoms with Crippen molar-refractivity contribution in [3.8, 4) is 11.3 Å². The fourth-order valence-electron chi connectivity index (χ4n) is 2.87. The van der Waals surface area contributed by atoms with E-state index in [4.69, 9.17) is 11.6 Å². The van der Waals surface area contributed by atoms with Gasteiger partial charge in [0.15, 0.2) is 14.9 Å². The highest BCUT2D eigenvalue weighted by Gasteiger charge is 2.15. The summed E-state index contributed by atoms with van der Waals surface area (Å²) in [5.74, 6) is -0.382. The van der Waals surface area contributed by atoms with Crippen LogP contribution >= 0.6 is 11.6 Å². The Kier molecular flexibility index (Phi) is 7.25. The number of aromatic nitrogens is 2. The Hall–Kier alpha value is -2.85. The molecular weight excluding hydrogens is 454 g/mol. The van der Waals surface area contributed by atoms with Crippen molar-refractivity contribution in [2.24, 2.45) is 0 Å². The maximum absolute atomic E-state index is 12.5. The minimum absolute atomic E-state index is 0.0735. The number of nitrogens with one attached hydrogen (secondary N) is 1. The molecule has 168 valence electrons. The molecule has 10 heteroatoms. The van der Waals surface area contributed by atoms with Crippen LogP contribution in [0.4, 0.5) is 5.69 Å². The lowest BCUT2D eigenvalue weighted by Gasteiger charge is -2.14. The van der Waals surface area contributed by atoms with E-state index >= 15 is 0 Å². The van der Waals surface area contributed by atoms with Gasteiger partial charge in [0.1, 0.15) is 0 Å². The molecule has 0 aliphatic carbocycles. The minimum Gasteiger partial charge on any atom is -0.391 e. The molecule has 1 amide bonds. The largest absolute Gasteiger partial charge is 0.391 e. The number of aliphatic hydroxyl groups excluding tert-OH is 2. The molecule has 3 aromatic rings. The predicted octanol–water partition coefficient (Wildman–Crippen LogP) is 2.74. The molecule has 2 heterocycles. The van der Waals surface area contributed by atoms with E-state index in [0.29, 0.717) is 33.1 Å². The number of hydrogen-bond donors (Lipinski definition) is 3. The van der Waals surface area contributed by atoms with Gasteiger partial charge >= 0.3 is 0 Å². The highest BCUT2D eigenvalue weighted by molar-refractivity contribution is 7.90. The van der Waals surface area contributed by atoms with E-state index in [1.54, 1.807) is 36.5 Å². The van der Waals surface area contributed by atoms with Gasteiger partial charge in [-0.25, -0.2) is 13.4 Å². The molecule has 3 rings (SSSR count). The summed E-state index contributed by atoms with van der Waals surface area (Å²) in [5, 5.41) is 22.2. The van der Waals surface area contributed by atoms with Crippen molar-refractivity contribution in [3.63, 3.8) is 0 Å². The first kappa shape index (κ1) is 23.8. The third-order valence-corrected chi connectivity index (χ3v) is 5.98. The monoisotopic (exact) mass is 475 g/mol. The number of aliphatic hydroxyl groups is 2. The van der Waals surface area contributed by atoms with Crippen molar-refractivity contribution in [2.45, 2.75) is 30.6 Å². The number of carbonyl (C=O) groups excluding carboxylic acids is 1. The van der Waals surface area contributed by atoms with Crippen LogP contribution in [0.2, 0.25) is 5.02 Å². The molecule has 3 N–H and O–H groups in total. The van der Waals surface area contributed by atoms with E-state index in [1.165, 1.54) is 25.3 Å². The van der Waals surface area contributed by atoms with Crippen molar-refractivity contribution in [1.82, 2.24) is 9.97 Å². The predicted molar refractivity (Wildman–Crippen MR) is 121 cm³/mol. The van der Waals surface area contributed by atoms with Gasteiger partial charge in [-0.2, -0.15) is 0 Å². The molecule has 0 aliphatic heterocycles. The van der Waals surface area contributed by atoms with E-state index in [1.807, 2.05) is 0 Å². The topological polar surface area (TPSA) is 129 Å². The third-order valence-electron chi connectivity index (χ3n) is 4.69. The Balaban J connectivity index is 1.71. The number of pyridine rings is 2. The zero-order valence-corrected chi connectivity index (χ0v) is 18.9. The average Bonchev–Trinajstić information content (AvgIpc) is 2.73. The van der Waals surface area contributed by atoms with Crippen LogP contribution in [0.5, 0.6) is 0 Å². The molecule has 0 bridgehead atoms. The Morgan fingerprint density at radius 2 is 1.78 bits per heavy atom. The van der Waals surface area contributed by atoms with Crippen LogP contribution in [0.15, 0.2) is 59.9 Å². The van der Waals surface area contributed by atoms with E-state index in [0.717, 1.165) is 6.26 Å². The van der Waals surface area contributed by atoms with Crippen LogP contribution in [0, 0.1) is 0 Å². The summed E-state index contributed by atoms with van der Waals surface area (Å²) in [4.78, 5) is 20.7. The Morgan fingerprint density at radius 3 is 2.31 bits per heavy atom. The second-order valence-electron chi connectivity index (χ2n) is 7.37. The van der Waals surface area contributed by atoms with Crippen LogP contribution in [-0.2, 0) is 16.3 Å². The van der Waals surface area contributed by atoms with E-state index < -0.39 is 22.0 Å².